The first-order valence-electron chi connectivity index (χ1n) is 8.37. The monoisotopic (exact) mass is 357 g/mol. The summed E-state index contributed by atoms with van der Waals surface area (Å²) in [5.41, 5.74) is 7.82. The minimum Gasteiger partial charge on any atom is -0.398 e. The maximum absolute atomic E-state index is 14.1. The van der Waals surface area contributed by atoms with Crippen LogP contribution in [0.3, 0.4) is 0 Å². The second-order valence-corrected chi connectivity index (χ2v) is 7.53. The maximum Gasteiger partial charge on any atom is 0.153 e. The highest BCUT2D eigenvalue weighted by Gasteiger charge is 2.18. The number of aromatic nitrogens is 2. The molecule has 3 heterocycles. The van der Waals surface area contributed by atoms with Gasteiger partial charge in [-0.1, -0.05) is 0 Å². The summed E-state index contributed by atoms with van der Waals surface area (Å²) >= 11 is 1.68. The van der Waals surface area contributed by atoms with Crippen LogP contribution in [0, 0.1) is 5.82 Å². The van der Waals surface area contributed by atoms with Crippen LogP contribution >= 0.6 is 11.3 Å². The highest BCUT2D eigenvalue weighted by Crippen LogP contribution is 2.34. The van der Waals surface area contributed by atoms with Crippen LogP contribution in [0.1, 0.15) is 28.5 Å². The number of fused-ring (bicyclic) bond motifs is 1. The van der Waals surface area contributed by atoms with Crippen LogP contribution < -0.4 is 11.1 Å². The van der Waals surface area contributed by atoms with Crippen molar-refractivity contribution in [3.63, 3.8) is 0 Å². The number of nitrogens with one attached hydrogen (secondary N) is 1. The fourth-order valence-electron chi connectivity index (χ4n) is 3.25. The van der Waals surface area contributed by atoms with Crippen LogP contribution in [-0.4, -0.2) is 29.1 Å². The first-order chi connectivity index (χ1) is 12.1. The SMILES string of the molecule is Cn1cc2cc(N=Cc3sc(C4CCNCC4)cc3N)cc(F)c2n1. The van der Waals surface area contributed by atoms with Crippen molar-refractivity contribution in [2.24, 2.45) is 12.0 Å². The van der Waals surface area contributed by atoms with E-state index in [1.807, 2.05) is 6.07 Å². The van der Waals surface area contributed by atoms with Gasteiger partial charge in [-0.25, -0.2) is 4.39 Å². The van der Waals surface area contributed by atoms with Crippen molar-refractivity contribution >= 4 is 39.8 Å². The number of halogens is 1. The Morgan fingerprint density at radius 1 is 1.36 bits per heavy atom. The molecular formula is C18H20FN5S. The summed E-state index contributed by atoms with van der Waals surface area (Å²) in [6.45, 7) is 2.10. The van der Waals surface area contributed by atoms with Crippen molar-refractivity contribution in [1.82, 2.24) is 15.1 Å². The molecule has 0 radical (unpaired) electrons. The number of hydrogen-bond donors (Lipinski definition) is 2. The summed E-state index contributed by atoms with van der Waals surface area (Å²) in [5.74, 6) is 0.208. The zero-order valence-corrected chi connectivity index (χ0v) is 14.8. The van der Waals surface area contributed by atoms with E-state index in [9.17, 15) is 4.39 Å². The van der Waals surface area contributed by atoms with Gasteiger partial charge in [0.15, 0.2) is 5.82 Å². The van der Waals surface area contributed by atoms with Gasteiger partial charge >= 0.3 is 0 Å². The minimum absolute atomic E-state index is 0.361. The lowest BCUT2D eigenvalue weighted by Crippen LogP contribution is -2.26. The molecule has 25 heavy (non-hydrogen) atoms. The molecule has 1 aliphatic rings. The molecule has 0 atom stereocenters. The number of piperidine rings is 1. The van der Waals surface area contributed by atoms with E-state index in [1.165, 1.54) is 10.9 Å². The minimum atomic E-state index is -0.361. The number of rotatable bonds is 3. The lowest BCUT2D eigenvalue weighted by molar-refractivity contribution is 0.465. The molecule has 0 spiro atoms. The van der Waals surface area contributed by atoms with Crippen molar-refractivity contribution in [3.8, 4) is 0 Å². The molecule has 0 bridgehead atoms. The fourth-order valence-corrected chi connectivity index (χ4v) is 4.38. The Bertz CT molecular complexity index is 936. The fraction of sp³-hybridized carbons (Fsp3) is 0.333. The number of anilines is 1. The van der Waals surface area contributed by atoms with Gasteiger partial charge in [-0.2, -0.15) is 5.10 Å². The standard InChI is InChI=1S/C18H20FN5S/c1-24-10-12-6-13(7-14(19)18(12)23-24)22-9-17-15(20)8-16(25-17)11-2-4-21-5-3-11/h6-11,21H,2-5,20H2,1H3. The average Bonchev–Trinajstić information content (AvgIpc) is 3.16. The number of nitrogen functional groups attached to an aromatic ring is 1. The van der Waals surface area contributed by atoms with Gasteiger partial charge in [0.1, 0.15) is 5.52 Å². The van der Waals surface area contributed by atoms with E-state index in [4.69, 9.17) is 5.73 Å². The molecule has 1 aromatic carbocycles. The lowest BCUT2D eigenvalue weighted by Gasteiger charge is -2.21. The van der Waals surface area contributed by atoms with E-state index in [0.717, 1.165) is 41.9 Å². The van der Waals surface area contributed by atoms with E-state index in [0.29, 0.717) is 17.1 Å². The number of benzene rings is 1. The molecule has 0 saturated carbocycles. The van der Waals surface area contributed by atoms with Crippen molar-refractivity contribution in [3.05, 3.63) is 40.0 Å². The second-order valence-electron chi connectivity index (χ2n) is 6.42. The molecule has 4 rings (SSSR count). The largest absolute Gasteiger partial charge is 0.398 e. The van der Waals surface area contributed by atoms with E-state index in [-0.39, 0.29) is 5.82 Å². The van der Waals surface area contributed by atoms with Crippen molar-refractivity contribution < 1.29 is 4.39 Å². The Balaban J connectivity index is 1.60. The summed E-state index contributed by atoms with van der Waals surface area (Å²) < 4.78 is 15.7. The van der Waals surface area contributed by atoms with Gasteiger partial charge in [0.2, 0.25) is 0 Å². The van der Waals surface area contributed by atoms with Crippen molar-refractivity contribution in [2.75, 3.05) is 18.8 Å². The zero-order chi connectivity index (χ0) is 17.4. The topological polar surface area (TPSA) is 68.2 Å². The number of nitrogens with two attached hydrogens (primary N) is 1. The molecule has 5 nitrogen and oxygen atoms in total. The van der Waals surface area contributed by atoms with Crippen LogP contribution in [0.4, 0.5) is 15.8 Å². The van der Waals surface area contributed by atoms with E-state index in [1.54, 1.807) is 35.5 Å². The summed E-state index contributed by atoms with van der Waals surface area (Å²) in [4.78, 5) is 6.68. The van der Waals surface area contributed by atoms with Gasteiger partial charge in [0.05, 0.1) is 16.3 Å². The lowest BCUT2D eigenvalue weighted by atomic mass is 9.96. The third-order valence-corrected chi connectivity index (χ3v) is 5.79. The summed E-state index contributed by atoms with van der Waals surface area (Å²) in [7, 11) is 1.77. The average molecular weight is 357 g/mol. The molecule has 130 valence electrons. The smallest absolute Gasteiger partial charge is 0.153 e. The molecule has 7 heteroatoms. The summed E-state index contributed by atoms with van der Waals surface area (Å²) in [6.07, 6.45) is 5.80. The highest BCUT2D eigenvalue weighted by molar-refractivity contribution is 7.14. The quantitative estimate of drug-likeness (QED) is 0.704. The summed E-state index contributed by atoms with van der Waals surface area (Å²) in [6, 6.07) is 5.30. The first kappa shape index (κ1) is 16.2. The molecule has 0 aliphatic carbocycles. The normalized spacial score (nSPS) is 16.2. The van der Waals surface area contributed by atoms with Gasteiger partial charge in [-0.15, -0.1) is 11.3 Å². The van der Waals surface area contributed by atoms with Crippen LogP contribution in [0.5, 0.6) is 0 Å². The molecule has 3 N–H and O–H groups in total. The van der Waals surface area contributed by atoms with Crippen LogP contribution in [0.2, 0.25) is 0 Å². The van der Waals surface area contributed by atoms with E-state index >= 15 is 0 Å². The van der Waals surface area contributed by atoms with E-state index in [2.05, 4.69) is 21.5 Å². The predicted octanol–water partition coefficient (Wildman–Crippen LogP) is 3.57. The van der Waals surface area contributed by atoms with E-state index < -0.39 is 0 Å². The Hall–Kier alpha value is -2.25. The Morgan fingerprint density at radius 3 is 2.96 bits per heavy atom. The van der Waals surface area contributed by atoms with Crippen LogP contribution in [0.15, 0.2) is 29.4 Å². The number of aryl methyl sites for hydroxylation is 1. The Morgan fingerprint density at radius 2 is 2.16 bits per heavy atom. The molecule has 0 unspecified atom stereocenters. The number of nitrogens with zero attached hydrogens (tertiary/aromatic N) is 3. The Labute approximate surface area is 149 Å². The van der Waals surface area contributed by atoms with Crippen molar-refractivity contribution in [2.45, 2.75) is 18.8 Å². The van der Waals surface area contributed by atoms with Gasteiger partial charge in [-0.3, -0.25) is 9.67 Å². The third kappa shape index (κ3) is 3.29. The molecule has 3 aromatic rings. The van der Waals surface area contributed by atoms with Gasteiger partial charge in [-0.05, 0) is 44.0 Å². The number of hydrogen-bond acceptors (Lipinski definition) is 5. The van der Waals surface area contributed by atoms with Crippen LogP contribution in [-0.2, 0) is 7.05 Å². The van der Waals surface area contributed by atoms with Gasteiger partial charge < -0.3 is 11.1 Å². The number of thiophene rings is 1. The molecule has 2 aromatic heterocycles. The van der Waals surface area contributed by atoms with Gasteiger partial charge in [0, 0.05) is 35.8 Å². The van der Waals surface area contributed by atoms with Crippen molar-refractivity contribution in [1.29, 1.82) is 0 Å². The summed E-state index contributed by atoms with van der Waals surface area (Å²) in [5, 5.41) is 8.23. The maximum atomic E-state index is 14.1. The molecule has 1 saturated heterocycles. The molecular weight excluding hydrogens is 337 g/mol. The number of aliphatic imine (C=N–C) groups is 1. The molecule has 0 amide bonds. The van der Waals surface area contributed by atoms with Crippen LogP contribution in [0.25, 0.3) is 10.9 Å². The zero-order valence-electron chi connectivity index (χ0n) is 14.0. The first-order valence-corrected chi connectivity index (χ1v) is 9.18. The molecule has 1 aliphatic heterocycles. The predicted molar refractivity (Wildman–Crippen MR) is 102 cm³/mol. The van der Waals surface area contributed by atoms with Gasteiger partial charge in [0.25, 0.3) is 0 Å². The highest BCUT2D eigenvalue weighted by atomic mass is 32.1. The second kappa shape index (κ2) is 6.57. The Kier molecular flexibility index (Phi) is 4.27. The molecule has 1 fully saturated rings. The third-order valence-electron chi connectivity index (χ3n) is 4.54.